The Bertz CT molecular complexity index is 898. The van der Waals surface area contributed by atoms with Gasteiger partial charge in [0.25, 0.3) is 5.56 Å². The van der Waals surface area contributed by atoms with Gasteiger partial charge in [0.15, 0.2) is 18.0 Å². The summed E-state index contributed by atoms with van der Waals surface area (Å²) < 4.78 is 16.4. The molecule has 1 aliphatic rings. The number of hydrogen-bond donors (Lipinski definition) is 0. The van der Waals surface area contributed by atoms with E-state index in [0.29, 0.717) is 17.1 Å². The highest BCUT2D eigenvalue weighted by Gasteiger charge is 2.20. The highest BCUT2D eigenvalue weighted by atomic mass is 32.2. The molecule has 1 fully saturated rings. The van der Waals surface area contributed by atoms with Gasteiger partial charge in [0.2, 0.25) is 0 Å². The highest BCUT2D eigenvalue weighted by Crippen LogP contribution is 2.32. The number of hydrogen-bond acceptors (Lipinski definition) is 4. The first-order valence-electron chi connectivity index (χ1n) is 7.45. The third-order valence-corrected chi connectivity index (χ3v) is 4.93. The van der Waals surface area contributed by atoms with E-state index in [1.807, 2.05) is 6.07 Å². The molecule has 4 rings (SSSR count). The molecule has 114 valence electrons. The van der Waals surface area contributed by atoms with E-state index in [9.17, 15) is 8.68 Å². The van der Waals surface area contributed by atoms with E-state index < -0.39 is 0 Å². The Morgan fingerprint density at radius 1 is 1.18 bits per heavy atom. The van der Waals surface area contributed by atoms with Crippen LogP contribution in [0.4, 0.5) is 3.89 Å². The Morgan fingerprint density at radius 3 is 2.77 bits per heavy atom. The number of halogens is 1. The average Bonchev–Trinajstić information content (AvgIpc) is 2.99. The van der Waals surface area contributed by atoms with Gasteiger partial charge in [0.1, 0.15) is 0 Å². The third kappa shape index (κ3) is 2.03. The zero-order valence-electron chi connectivity index (χ0n) is 11.9. The number of rotatable bonds is 2. The smallest absolute Gasteiger partial charge is 0.282 e. The fourth-order valence-electron chi connectivity index (χ4n) is 3.42. The van der Waals surface area contributed by atoms with Gasteiger partial charge in [0.05, 0.1) is 17.2 Å². The summed E-state index contributed by atoms with van der Waals surface area (Å²) in [6, 6.07) is 2.16. The van der Waals surface area contributed by atoms with Crippen LogP contribution < -0.4 is 5.56 Å². The summed E-state index contributed by atoms with van der Waals surface area (Å²) in [7, 11) is 0. The van der Waals surface area contributed by atoms with Gasteiger partial charge in [-0.3, -0.25) is 4.79 Å². The summed E-state index contributed by atoms with van der Waals surface area (Å²) in [4.78, 5) is 20.3. The van der Waals surface area contributed by atoms with Gasteiger partial charge in [-0.1, -0.05) is 19.3 Å². The Morgan fingerprint density at radius 2 is 2.00 bits per heavy atom. The van der Waals surface area contributed by atoms with Gasteiger partial charge >= 0.3 is 0 Å². The van der Waals surface area contributed by atoms with Crippen LogP contribution in [0.5, 0.6) is 0 Å². The van der Waals surface area contributed by atoms with Crippen LogP contribution in [0.25, 0.3) is 21.9 Å². The second-order valence-corrected chi connectivity index (χ2v) is 6.25. The maximum Gasteiger partial charge on any atom is 0.282 e. The van der Waals surface area contributed by atoms with E-state index in [0.717, 1.165) is 23.7 Å². The zero-order chi connectivity index (χ0) is 15.1. The lowest BCUT2D eigenvalue weighted by Crippen LogP contribution is -2.19. The standard InChI is InChI=1S/C15H15FN4OS/c16-22-20-7-6-11-13-12(8-17-14(11)20)15(21)18-9-19(13)10-4-2-1-3-5-10/h6-10H,1-5H2. The van der Waals surface area contributed by atoms with Gasteiger partial charge in [0, 0.05) is 23.8 Å². The van der Waals surface area contributed by atoms with Gasteiger partial charge < -0.3 is 4.57 Å². The van der Waals surface area contributed by atoms with Crippen LogP contribution in [0.15, 0.2) is 29.6 Å². The van der Waals surface area contributed by atoms with Crippen molar-refractivity contribution in [2.45, 2.75) is 38.1 Å². The molecule has 0 bridgehead atoms. The molecule has 3 heterocycles. The number of pyridine rings is 1. The van der Waals surface area contributed by atoms with Crippen molar-refractivity contribution in [2.24, 2.45) is 0 Å². The van der Waals surface area contributed by atoms with Crippen molar-refractivity contribution >= 4 is 34.3 Å². The fourth-order valence-corrected chi connectivity index (χ4v) is 3.74. The largest absolute Gasteiger partial charge is 0.328 e. The molecule has 3 aromatic heterocycles. The summed E-state index contributed by atoms with van der Waals surface area (Å²) in [5, 5.41) is 1.30. The summed E-state index contributed by atoms with van der Waals surface area (Å²) in [6.45, 7) is 0. The molecule has 22 heavy (non-hydrogen) atoms. The maximum atomic E-state index is 13.0. The summed E-state index contributed by atoms with van der Waals surface area (Å²) in [5.74, 6) is 0. The SMILES string of the molecule is O=c1ncn(C2CCCCC2)c2c1cnc1c2ccn1SF. The van der Waals surface area contributed by atoms with Crippen LogP contribution in [-0.4, -0.2) is 18.5 Å². The lowest BCUT2D eigenvalue weighted by molar-refractivity contribution is 0.357. The summed E-state index contributed by atoms with van der Waals surface area (Å²) in [6.07, 6.45) is 10.6. The molecule has 0 aromatic carbocycles. The van der Waals surface area contributed by atoms with E-state index >= 15 is 0 Å². The van der Waals surface area contributed by atoms with Gasteiger partial charge in [-0.25, -0.2) is 8.96 Å². The van der Waals surface area contributed by atoms with E-state index in [1.54, 1.807) is 12.5 Å². The topological polar surface area (TPSA) is 52.7 Å². The second-order valence-electron chi connectivity index (χ2n) is 5.72. The van der Waals surface area contributed by atoms with Crippen molar-refractivity contribution in [1.29, 1.82) is 0 Å². The van der Waals surface area contributed by atoms with Crippen molar-refractivity contribution in [3.05, 3.63) is 35.1 Å². The molecule has 1 saturated carbocycles. The predicted molar refractivity (Wildman–Crippen MR) is 85.5 cm³/mol. The van der Waals surface area contributed by atoms with Crippen molar-refractivity contribution in [3.63, 3.8) is 0 Å². The van der Waals surface area contributed by atoms with Gasteiger partial charge in [-0.05, 0) is 18.9 Å². The average molecular weight is 318 g/mol. The zero-order valence-corrected chi connectivity index (χ0v) is 12.7. The molecule has 0 amide bonds. The van der Waals surface area contributed by atoms with Crippen molar-refractivity contribution < 1.29 is 3.89 Å². The van der Waals surface area contributed by atoms with E-state index in [-0.39, 0.29) is 17.9 Å². The van der Waals surface area contributed by atoms with Crippen molar-refractivity contribution in [1.82, 2.24) is 18.5 Å². The summed E-state index contributed by atoms with van der Waals surface area (Å²) in [5.41, 5.74) is 1.08. The number of nitrogens with zero attached hydrogens (tertiary/aromatic N) is 4. The van der Waals surface area contributed by atoms with Crippen LogP contribution >= 0.6 is 12.3 Å². The Balaban J connectivity index is 2.05. The first kappa shape index (κ1) is 13.8. The minimum absolute atomic E-state index is 0.110. The quantitative estimate of drug-likeness (QED) is 0.724. The van der Waals surface area contributed by atoms with E-state index in [4.69, 9.17) is 0 Å². The van der Waals surface area contributed by atoms with Crippen LogP contribution in [-0.2, 0) is 0 Å². The molecule has 0 saturated heterocycles. The molecule has 3 aromatic rings. The molecule has 0 radical (unpaired) electrons. The molecular formula is C15H15FN4OS. The Labute approximate surface area is 130 Å². The lowest BCUT2D eigenvalue weighted by atomic mass is 9.95. The van der Waals surface area contributed by atoms with Crippen LogP contribution in [0.1, 0.15) is 38.1 Å². The van der Waals surface area contributed by atoms with Crippen LogP contribution in [0.3, 0.4) is 0 Å². The first-order chi connectivity index (χ1) is 10.8. The van der Waals surface area contributed by atoms with Gasteiger partial charge in [-0.2, -0.15) is 4.98 Å². The second kappa shape index (κ2) is 5.39. The predicted octanol–water partition coefficient (Wildman–Crippen LogP) is 3.63. The molecule has 7 heteroatoms. The maximum absolute atomic E-state index is 13.0. The van der Waals surface area contributed by atoms with Gasteiger partial charge in [-0.15, -0.1) is 3.89 Å². The Hall–Kier alpha value is -1.89. The van der Waals surface area contributed by atoms with Crippen LogP contribution in [0.2, 0.25) is 0 Å². The monoisotopic (exact) mass is 318 g/mol. The van der Waals surface area contributed by atoms with E-state index in [2.05, 4.69) is 14.5 Å². The minimum atomic E-state index is -0.280. The molecule has 0 atom stereocenters. The summed E-state index contributed by atoms with van der Waals surface area (Å²) >= 11 is 0.110. The highest BCUT2D eigenvalue weighted by molar-refractivity contribution is 7.92. The molecule has 0 spiro atoms. The molecule has 1 aliphatic carbocycles. The lowest BCUT2D eigenvalue weighted by Gasteiger charge is -2.25. The normalized spacial score (nSPS) is 16.6. The minimum Gasteiger partial charge on any atom is -0.328 e. The molecule has 5 nitrogen and oxygen atoms in total. The number of fused-ring (bicyclic) bond motifs is 3. The first-order valence-corrected chi connectivity index (χ1v) is 8.13. The number of aromatic nitrogens is 4. The van der Waals surface area contributed by atoms with Crippen molar-refractivity contribution in [3.8, 4) is 0 Å². The molecule has 0 N–H and O–H groups in total. The molecule has 0 aliphatic heterocycles. The van der Waals surface area contributed by atoms with Crippen molar-refractivity contribution in [2.75, 3.05) is 0 Å². The third-order valence-electron chi connectivity index (χ3n) is 4.48. The Kier molecular flexibility index (Phi) is 3.37. The van der Waals surface area contributed by atoms with Crippen LogP contribution in [0, 0.1) is 0 Å². The molecule has 0 unspecified atom stereocenters. The molecular weight excluding hydrogens is 303 g/mol. The fraction of sp³-hybridized carbons (Fsp3) is 0.400. The van der Waals surface area contributed by atoms with E-state index in [1.165, 1.54) is 29.4 Å².